The molecule has 0 radical (unpaired) electrons. The van der Waals surface area contributed by atoms with Gasteiger partial charge in [-0.05, 0) is 61.9 Å². The highest BCUT2D eigenvalue weighted by Crippen LogP contribution is 2.34. The molecule has 3 heterocycles. The summed E-state index contributed by atoms with van der Waals surface area (Å²) in [7, 11) is 0. The fourth-order valence-corrected chi connectivity index (χ4v) is 3.64. The first-order valence-electron chi connectivity index (χ1n) is 8.27. The Morgan fingerprint density at radius 1 is 1.29 bits per heavy atom. The van der Waals surface area contributed by atoms with Crippen LogP contribution in [0.5, 0.6) is 5.75 Å². The Kier molecular flexibility index (Phi) is 4.51. The molecule has 3 nitrogen and oxygen atoms in total. The van der Waals surface area contributed by atoms with Crippen LogP contribution in [0.15, 0.2) is 24.3 Å². The third-order valence-corrected chi connectivity index (χ3v) is 4.85. The lowest BCUT2D eigenvalue weighted by molar-refractivity contribution is -0.0715. The predicted molar refractivity (Wildman–Crippen MR) is 84.6 cm³/mol. The number of aliphatic hydroxyl groups excluding tert-OH is 1. The van der Waals surface area contributed by atoms with Crippen LogP contribution >= 0.6 is 0 Å². The van der Waals surface area contributed by atoms with Gasteiger partial charge < -0.3 is 9.84 Å². The summed E-state index contributed by atoms with van der Waals surface area (Å²) in [6.45, 7) is 7.37. The van der Waals surface area contributed by atoms with Crippen molar-refractivity contribution in [2.75, 3.05) is 19.7 Å². The highest BCUT2D eigenvalue weighted by Gasteiger charge is 2.40. The largest absolute Gasteiger partial charge is 0.493 e. The van der Waals surface area contributed by atoms with E-state index in [2.05, 4.69) is 36.9 Å². The molecule has 1 N–H and O–H groups in total. The molecule has 0 saturated carbocycles. The molecule has 116 valence electrons. The van der Waals surface area contributed by atoms with Gasteiger partial charge in [0.2, 0.25) is 0 Å². The van der Waals surface area contributed by atoms with Gasteiger partial charge in [-0.15, -0.1) is 0 Å². The van der Waals surface area contributed by atoms with Crippen molar-refractivity contribution in [3.8, 4) is 5.75 Å². The summed E-state index contributed by atoms with van der Waals surface area (Å²) in [5.74, 6) is 2.00. The molecule has 0 spiro atoms. The van der Waals surface area contributed by atoms with Crippen LogP contribution in [0, 0.1) is 11.8 Å². The van der Waals surface area contributed by atoms with Gasteiger partial charge in [-0.1, -0.05) is 26.0 Å². The number of benzene rings is 1. The van der Waals surface area contributed by atoms with Crippen LogP contribution in [-0.4, -0.2) is 41.8 Å². The van der Waals surface area contributed by atoms with Gasteiger partial charge in [0.25, 0.3) is 0 Å². The van der Waals surface area contributed by atoms with Gasteiger partial charge in [-0.3, -0.25) is 4.90 Å². The first-order valence-corrected chi connectivity index (χ1v) is 8.27. The topological polar surface area (TPSA) is 32.7 Å². The lowest BCUT2D eigenvalue weighted by Crippen LogP contribution is -2.58. The van der Waals surface area contributed by atoms with E-state index in [0.29, 0.717) is 11.8 Å². The van der Waals surface area contributed by atoms with E-state index in [0.717, 1.165) is 44.7 Å². The molecular weight excluding hydrogens is 262 g/mol. The number of fused-ring (bicyclic) bond motifs is 3. The molecule has 2 atom stereocenters. The number of nitrogens with zero attached hydrogens (tertiary/aromatic N) is 1. The number of rotatable bonds is 5. The highest BCUT2D eigenvalue weighted by molar-refractivity contribution is 5.29. The normalized spacial score (nSPS) is 31.6. The zero-order valence-electron chi connectivity index (χ0n) is 13.2. The zero-order valence-corrected chi connectivity index (χ0v) is 13.2. The second kappa shape index (κ2) is 6.37. The van der Waals surface area contributed by atoms with Crippen molar-refractivity contribution in [2.45, 2.75) is 45.3 Å². The van der Waals surface area contributed by atoms with Crippen molar-refractivity contribution in [1.82, 2.24) is 4.90 Å². The molecule has 2 bridgehead atoms. The molecule has 21 heavy (non-hydrogen) atoms. The number of hydrogen-bond donors (Lipinski definition) is 1. The van der Waals surface area contributed by atoms with Crippen LogP contribution in [-0.2, 0) is 6.42 Å². The number of ether oxygens (including phenoxy) is 1. The molecule has 0 aromatic heterocycles. The molecular formula is C18H27NO2. The third kappa shape index (κ3) is 3.41. The molecule has 2 unspecified atom stereocenters. The Morgan fingerprint density at radius 3 is 2.71 bits per heavy atom. The van der Waals surface area contributed by atoms with Gasteiger partial charge in [0.15, 0.2) is 0 Å². The van der Waals surface area contributed by atoms with E-state index in [1.165, 1.54) is 5.56 Å². The SMILES string of the molecule is CC(C)COc1cccc(CC2C(O)C3CCN2CC3)c1. The summed E-state index contributed by atoms with van der Waals surface area (Å²) in [6, 6.07) is 8.66. The van der Waals surface area contributed by atoms with Crippen LogP contribution < -0.4 is 4.74 Å². The van der Waals surface area contributed by atoms with Gasteiger partial charge in [0, 0.05) is 6.04 Å². The highest BCUT2D eigenvalue weighted by atomic mass is 16.5. The molecule has 3 fully saturated rings. The van der Waals surface area contributed by atoms with Crippen LogP contribution in [0.2, 0.25) is 0 Å². The summed E-state index contributed by atoms with van der Waals surface area (Å²) < 4.78 is 5.81. The molecule has 0 aliphatic carbocycles. The van der Waals surface area contributed by atoms with Gasteiger partial charge >= 0.3 is 0 Å². The monoisotopic (exact) mass is 289 g/mol. The minimum absolute atomic E-state index is 0.160. The molecule has 4 rings (SSSR count). The Labute approximate surface area is 127 Å². The van der Waals surface area contributed by atoms with Gasteiger partial charge in [-0.2, -0.15) is 0 Å². The summed E-state index contributed by atoms with van der Waals surface area (Å²) in [5, 5.41) is 10.5. The van der Waals surface area contributed by atoms with Crippen LogP contribution in [0.25, 0.3) is 0 Å². The molecule has 3 saturated heterocycles. The van der Waals surface area contributed by atoms with Crippen LogP contribution in [0.1, 0.15) is 32.3 Å². The molecule has 1 aromatic carbocycles. The standard InChI is InChI=1S/C18H27NO2/c1-13(2)12-21-16-5-3-4-14(10-16)11-17-18(20)15-6-8-19(17)9-7-15/h3-5,10,13,15,17-18,20H,6-9,11-12H2,1-2H3. The molecule has 3 aliphatic heterocycles. The Bertz CT molecular complexity index is 464. The molecule has 3 heteroatoms. The van der Waals surface area contributed by atoms with E-state index in [4.69, 9.17) is 4.74 Å². The Morgan fingerprint density at radius 2 is 2.05 bits per heavy atom. The van der Waals surface area contributed by atoms with E-state index in [1.54, 1.807) is 0 Å². The minimum atomic E-state index is -0.160. The van der Waals surface area contributed by atoms with E-state index < -0.39 is 0 Å². The molecule has 0 amide bonds. The third-order valence-electron chi connectivity index (χ3n) is 4.85. The Balaban J connectivity index is 1.66. The van der Waals surface area contributed by atoms with E-state index in [-0.39, 0.29) is 12.1 Å². The quantitative estimate of drug-likeness (QED) is 0.904. The lowest BCUT2D eigenvalue weighted by Gasteiger charge is -2.49. The summed E-state index contributed by atoms with van der Waals surface area (Å²) in [5.41, 5.74) is 1.27. The fraction of sp³-hybridized carbons (Fsp3) is 0.667. The van der Waals surface area contributed by atoms with Crippen molar-refractivity contribution in [1.29, 1.82) is 0 Å². The second-order valence-electron chi connectivity index (χ2n) is 6.99. The second-order valence-corrected chi connectivity index (χ2v) is 6.99. The summed E-state index contributed by atoms with van der Waals surface area (Å²) >= 11 is 0. The average molecular weight is 289 g/mol. The van der Waals surface area contributed by atoms with Crippen molar-refractivity contribution in [2.24, 2.45) is 11.8 Å². The van der Waals surface area contributed by atoms with Crippen molar-refractivity contribution in [3.63, 3.8) is 0 Å². The maximum atomic E-state index is 10.5. The fourth-order valence-electron chi connectivity index (χ4n) is 3.64. The maximum absolute atomic E-state index is 10.5. The zero-order chi connectivity index (χ0) is 14.8. The minimum Gasteiger partial charge on any atom is -0.493 e. The maximum Gasteiger partial charge on any atom is 0.119 e. The van der Waals surface area contributed by atoms with Crippen LogP contribution in [0.4, 0.5) is 0 Å². The van der Waals surface area contributed by atoms with Crippen LogP contribution in [0.3, 0.4) is 0 Å². The predicted octanol–water partition coefficient (Wildman–Crippen LogP) is 2.72. The molecule has 1 aromatic rings. The van der Waals surface area contributed by atoms with Gasteiger partial charge in [0.1, 0.15) is 5.75 Å². The van der Waals surface area contributed by atoms with Crippen molar-refractivity contribution in [3.05, 3.63) is 29.8 Å². The van der Waals surface area contributed by atoms with E-state index in [1.807, 2.05) is 6.07 Å². The lowest BCUT2D eigenvalue weighted by atomic mass is 9.78. The first kappa shape index (κ1) is 14.9. The van der Waals surface area contributed by atoms with Crippen molar-refractivity contribution >= 4 is 0 Å². The molecule has 3 aliphatic rings. The van der Waals surface area contributed by atoms with Gasteiger partial charge in [0.05, 0.1) is 12.7 Å². The average Bonchev–Trinajstić information content (AvgIpc) is 2.50. The Hall–Kier alpha value is -1.06. The number of piperidine rings is 3. The van der Waals surface area contributed by atoms with Crippen molar-refractivity contribution < 1.29 is 9.84 Å². The summed E-state index contributed by atoms with van der Waals surface area (Å²) in [6.07, 6.45) is 3.09. The number of aliphatic hydroxyl groups is 1. The number of hydrogen-bond acceptors (Lipinski definition) is 3. The van der Waals surface area contributed by atoms with E-state index in [9.17, 15) is 5.11 Å². The smallest absolute Gasteiger partial charge is 0.119 e. The van der Waals surface area contributed by atoms with E-state index >= 15 is 0 Å². The van der Waals surface area contributed by atoms with Gasteiger partial charge in [-0.25, -0.2) is 0 Å². The first-order chi connectivity index (χ1) is 10.1. The summed E-state index contributed by atoms with van der Waals surface area (Å²) in [4.78, 5) is 2.46.